The van der Waals surface area contributed by atoms with Gasteiger partial charge in [-0.05, 0) is 24.1 Å². The van der Waals surface area contributed by atoms with E-state index in [-0.39, 0.29) is 11.8 Å². The first-order valence-electron chi connectivity index (χ1n) is 7.58. The van der Waals surface area contributed by atoms with Crippen molar-refractivity contribution in [2.75, 3.05) is 18.4 Å². The zero-order chi connectivity index (χ0) is 16.5. The number of H-pyrrole nitrogens is 1. The molecule has 1 fully saturated rings. The van der Waals surface area contributed by atoms with Crippen molar-refractivity contribution in [1.29, 1.82) is 5.26 Å². The average molecular weight is 338 g/mol. The van der Waals surface area contributed by atoms with E-state index in [0.717, 1.165) is 21.3 Å². The highest BCUT2D eigenvalue weighted by molar-refractivity contribution is 7.22. The Hall–Kier alpha value is -2.92. The lowest BCUT2D eigenvalue weighted by molar-refractivity contribution is -0.119. The number of hydrogen-bond donors (Lipinski definition) is 2. The summed E-state index contributed by atoms with van der Waals surface area (Å²) in [5.74, 6) is -0.222. The fourth-order valence-corrected chi connectivity index (χ4v) is 3.75. The van der Waals surface area contributed by atoms with Gasteiger partial charge in [0.05, 0.1) is 22.3 Å². The van der Waals surface area contributed by atoms with Crippen LogP contribution in [-0.2, 0) is 4.79 Å². The number of aromatic amines is 1. The number of nitriles is 1. The first kappa shape index (κ1) is 14.7. The molecule has 2 N–H and O–H groups in total. The Morgan fingerprint density at radius 3 is 3.12 bits per heavy atom. The summed E-state index contributed by atoms with van der Waals surface area (Å²) in [5, 5.41) is 19.1. The summed E-state index contributed by atoms with van der Waals surface area (Å²) in [6, 6.07) is 5.97. The number of nitrogens with zero attached hydrogens (tertiary/aromatic N) is 4. The van der Waals surface area contributed by atoms with Crippen LogP contribution < -0.4 is 5.32 Å². The summed E-state index contributed by atoms with van der Waals surface area (Å²) in [6.07, 6.45) is 6.40. The summed E-state index contributed by atoms with van der Waals surface area (Å²) in [7, 11) is 0. The Labute approximate surface area is 141 Å². The van der Waals surface area contributed by atoms with Crippen LogP contribution in [0.25, 0.3) is 21.3 Å². The Morgan fingerprint density at radius 2 is 2.38 bits per heavy atom. The van der Waals surface area contributed by atoms with Gasteiger partial charge in [-0.2, -0.15) is 10.4 Å². The highest BCUT2D eigenvalue weighted by Gasteiger charge is 2.28. The van der Waals surface area contributed by atoms with Gasteiger partial charge in [0.25, 0.3) is 0 Å². The molecule has 0 aliphatic carbocycles. The molecule has 8 heteroatoms. The van der Waals surface area contributed by atoms with Crippen LogP contribution in [0.1, 0.15) is 6.42 Å². The van der Waals surface area contributed by atoms with Crippen molar-refractivity contribution in [2.45, 2.75) is 6.42 Å². The average Bonchev–Trinajstić information content (AvgIpc) is 3.33. The minimum Gasteiger partial charge on any atom is -0.310 e. The van der Waals surface area contributed by atoms with Crippen molar-refractivity contribution in [1.82, 2.24) is 20.1 Å². The van der Waals surface area contributed by atoms with E-state index in [2.05, 4.69) is 26.7 Å². The summed E-state index contributed by atoms with van der Waals surface area (Å²) in [4.78, 5) is 18.4. The minimum absolute atomic E-state index is 0.0677. The van der Waals surface area contributed by atoms with Crippen molar-refractivity contribution < 1.29 is 4.79 Å². The highest BCUT2D eigenvalue weighted by atomic mass is 32.1. The van der Waals surface area contributed by atoms with Gasteiger partial charge in [-0.1, -0.05) is 17.4 Å². The van der Waals surface area contributed by atoms with Gasteiger partial charge in [0.15, 0.2) is 11.3 Å². The molecule has 2 aromatic heterocycles. The standard InChI is InChI=1S/C16H14N6OS/c17-9-22-4-3-11(8-22)15(23)21-16-20-13-2-1-10(5-14(13)24-16)12-6-18-19-7-12/h1-2,5-7,11H,3-4,8H2,(H,18,19)(H,20,21,23)/t11-/m0/s1. The number of carbonyl (C=O) groups excluding carboxylic acids is 1. The number of fused-ring (bicyclic) bond motifs is 1. The smallest absolute Gasteiger partial charge is 0.231 e. The molecule has 3 heterocycles. The molecule has 1 aromatic carbocycles. The maximum Gasteiger partial charge on any atom is 0.231 e. The van der Waals surface area contributed by atoms with E-state index < -0.39 is 0 Å². The van der Waals surface area contributed by atoms with Crippen molar-refractivity contribution in [3.05, 3.63) is 30.6 Å². The molecule has 1 atom stereocenters. The summed E-state index contributed by atoms with van der Waals surface area (Å²) < 4.78 is 1.01. The van der Waals surface area contributed by atoms with E-state index in [1.807, 2.05) is 24.4 Å². The molecule has 0 unspecified atom stereocenters. The molecule has 24 heavy (non-hydrogen) atoms. The van der Waals surface area contributed by atoms with Crippen LogP contribution in [-0.4, -0.2) is 39.1 Å². The number of amides is 1. The number of likely N-dealkylation sites (tertiary alicyclic amines) is 1. The number of anilines is 1. The van der Waals surface area contributed by atoms with E-state index >= 15 is 0 Å². The van der Waals surface area contributed by atoms with E-state index in [9.17, 15) is 4.79 Å². The van der Waals surface area contributed by atoms with Crippen LogP contribution >= 0.6 is 11.3 Å². The van der Waals surface area contributed by atoms with Crippen LogP contribution in [0.15, 0.2) is 30.6 Å². The summed E-state index contributed by atoms with van der Waals surface area (Å²) in [5.41, 5.74) is 2.92. The SMILES string of the molecule is N#CN1CC[C@H](C(=O)Nc2nc3ccc(-c4cn[nH]c4)cc3s2)C1. The van der Waals surface area contributed by atoms with E-state index in [4.69, 9.17) is 5.26 Å². The molecule has 1 amide bonds. The number of benzene rings is 1. The predicted molar refractivity (Wildman–Crippen MR) is 91.1 cm³/mol. The molecule has 120 valence electrons. The van der Waals surface area contributed by atoms with Crippen molar-refractivity contribution >= 4 is 32.6 Å². The normalized spacial score (nSPS) is 17.1. The van der Waals surface area contributed by atoms with E-state index in [1.54, 1.807) is 11.1 Å². The van der Waals surface area contributed by atoms with Crippen molar-refractivity contribution in [3.63, 3.8) is 0 Å². The lowest BCUT2D eigenvalue weighted by atomic mass is 10.1. The molecular weight excluding hydrogens is 324 g/mol. The fraction of sp³-hybridized carbons (Fsp3) is 0.250. The zero-order valence-corrected chi connectivity index (χ0v) is 13.5. The minimum atomic E-state index is -0.154. The molecule has 7 nitrogen and oxygen atoms in total. The Bertz CT molecular complexity index is 926. The summed E-state index contributed by atoms with van der Waals surface area (Å²) >= 11 is 1.45. The van der Waals surface area contributed by atoms with Gasteiger partial charge in [-0.25, -0.2) is 4.98 Å². The first-order valence-corrected chi connectivity index (χ1v) is 8.40. The number of aromatic nitrogens is 3. The quantitative estimate of drug-likeness (QED) is 0.715. The molecular formula is C16H14N6OS. The van der Waals surface area contributed by atoms with E-state index in [0.29, 0.717) is 24.6 Å². The zero-order valence-electron chi connectivity index (χ0n) is 12.7. The number of hydrogen-bond acceptors (Lipinski definition) is 6. The molecule has 1 aliphatic heterocycles. The largest absolute Gasteiger partial charge is 0.310 e. The number of carbonyl (C=O) groups is 1. The third-order valence-corrected chi connectivity index (χ3v) is 5.08. The van der Waals surface area contributed by atoms with Crippen molar-refractivity contribution in [2.24, 2.45) is 5.92 Å². The summed E-state index contributed by atoms with van der Waals surface area (Å²) in [6.45, 7) is 1.13. The van der Waals surface area contributed by atoms with Crippen LogP contribution in [0.2, 0.25) is 0 Å². The second kappa shape index (κ2) is 5.94. The molecule has 0 radical (unpaired) electrons. The van der Waals surface area contributed by atoms with E-state index in [1.165, 1.54) is 11.3 Å². The second-order valence-electron chi connectivity index (χ2n) is 5.71. The van der Waals surface area contributed by atoms with Gasteiger partial charge in [-0.15, -0.1) is 0 Å². The topological polar surface area (TPSA) is 97.7 Å². The van der Waals surface area contributed by atoms with Crippen LogP contribution in [0.5, 0.6) is 0 Å². The Balaban J connectivity index is 1.53. The van der Waals surface area contributed by atoms with Gasteiger partial charge in [0, 0.05) is 24.8 Å². The number of rotatable bonds is 3. The van der Waals surface area contributed by atoms with Gasteiger partial charge in [0.1, 0.15) is 0 Å². The maximum atomic E-state index is 12.3. The molecule has 0 saturated carbocycles. The van der Waals surface area contributed by atoms with Crippen LogP contribution in [0.3, 0.4) is 0 Å². The predicted octanol–water partition coefficient (Wildman–Crippen LogP) is 2.43. The van der Waals surface area contributed by atoms with Gasteiger partial charge in [0.2, 0.25) is 5.91 Å². The first-order chi connectivity index (χ1) is 11.7. The number of nitrogens with one attached hydrogen (secondary N) is 2. The van der Waals surface area contributed by atoms with Crippen LogP contribution in [0.4, 0.5) is 5.13 Å². The van der Waals surface area contributed by atoms with Gasteiger partial charge >= 0.3 is 0 Å². The monoisotopic (exact) mass is 338 g/mol. The maximum absolute atomic E-state index is 12.3. The highest BCUT2D eigenvalue weighted by Crippen LogP contribution is 2.30. The van der Waals surface area contributed by atoms with Crippen LogP contribution in [0, 0.1) is 17.4 Å². The molecule has 0 bridgehead atoms. The fourth-order valence-electron chi connectivity index (χ4n) is 2.84. The Morgan fingerprint density at radius 1 is 1.46 bits per heavy atom. The van der Waals surface area contributed by atoms with Crippen molar-refractivity contribution in [3.8, 4) is 17.3 Å². The second-order valence-corrected chi connectivity index (χ2v) is 6.74. The van der Waals surface area contributed by atoms with Gasteiger partial charge < -0.3 is 10.2 Å². The molecule has 4 rings (SSSR count). The lowest BCUT2D eigenvalue weighted by Gasteiger charge is -2.08. The molecule has 1 saturated heterocycles. The Kier molecular flexibility index (Phi) is 3.63. The lowest BCUT2D eigenvalue weighted by Crippen LogP contribution is -2.25. The molecule has 0 spiro atoms. The molecule has 3 aromatic rings. The van der Waals surface area contributed by atoms with Gasteiger partial charge in [-0.3, -0.25) is 9.89 Å². The third kappa shape index (κ3) is 2.70. The number of thiazole rings is 1. The third-order valence-electron chi connectivity index (χ3n) is 4.15. The molecule has 1 aliphatic rings.